The maximum Gasteiger partial charge on any atom is 0.373 e. The minimum absolute atomic E-state index is 0.172. The average Bonchev–Trinajstić information content (AvgIpc) is 3.79. The number of anilines is 2. The third-order valence-corrected chi connectivity index (χ3v) is 7.20. The van der Waals surface area contributed by atoms with Crippen molar-refractivity contribution in [1.29, 1.82) is 5.26 Å². The number of nitrogens with one attached hydrogen (secondary N) is 1. The highest BCUT2D eigenvalue weighted by Gasteiger charge is 2.18. The van der Waals surface area contributed by atoms with E-state index < -0.39 is 0 Å². The first-order valence-electron chi connectivity index (χ1n) is 14.4. The molecule has 0 unspecified atom stereocenters. The van der Waals surface area contributed by atoms with Crippen molar-refractivity contribution in [2.75, 3.05) is 37.0 Å². The maximum absolute atomic E-state index is 9.46. The largest absolute Gasteiger partial charge is 0.382 e. The lowest BCUT2D eigenvalue weighted by Crippen LogP contribution is -2.19. The number of nitriles is 1. The van der Waals surface area contributed by atoms with Crippen LogP contribution in [0.25, 0.3) is 22.6 Å². The van der Waals surface area contributed by atoms with Crippen LogP contribution in [-0.2, 0) is 20.9 Å². The summed E-state index contributed by atoms with van der Waals surface area (Å²) in [5.41, 5.74) is 5.21. The molecule has 1 atom stereocenters. The van der Waals surface area contributed by atoms with E-state index in [2.05, 4.69) is 32.7 Å². The van der Waals surface area contributed by atoms with Crippen molar-refractivity contribution in [3.8, 4) is 28.7 Å². The van der Waals surface area contributed by atoms with Gasteiger partial charge in [-0.1, -0.05) is 53.7 Å². The van der Waals surface area contributed by atoms with Crippen molar-refractivity contribution in [2.24, 2.45) is 0 Å². The second kappa shape index (κ2) is 15.1. The lowest BCUT2D eigenvalue weighted by molar-refractivity contribution is -0.191. The second-order valence-corrected chi connectivity index (χ2v) is 10.3. The number of methoxy groups -OCH3 is 1. The Morgan fingerprint density at radius 1 is 0.911 bits per heavy atom. The Labute approximate surface area is 260 Å². The number of rotatable bonds is 10. The molecular weight excluding hydrogens is 570 g/mol. The van der Waals surface area contributed by atoms with Gasteiger partial charge < -0.3 is 15.0 Å². The van der Waals surface area contributed by atoms with E-state index in [4.69, 9.17) is 29.3 Å². The second-order valence-electron chi connectivity index (χ2n) is 10.3. The average molecular weight is 602 g/mol. The van der Waals surface area contributed by atoms with Gasteiger partial charge >= 0.3 is 6.15 Å². The van der Waals surface area contributed by atoms with Crippen molar-refractivity contribution >= 4 is 17.9 Å². The van der Waals surface area contributed by atoms with Crippen molar-refractivity contribution in [3.63, 3.8) is 0 Å². The van der Waals surface area contributed by atoms with Gasteiger partial charge in [0.25, 0.3) is 0 Å². The Kier molecular flexibility index (Phi) is 10.3. The number of carbonyl (C=O) groups excluding carboxylic acids is 2. The highest BCUT2D eigenvalue weighted by atomic mass is 16.5. The molecule has 1 saturated heterocycles. The van der Waals surface area contributed by atoms with E-state index in [0.717, 1.165) is 35.7 Å². The molecule has 0 bridgehead atoms. The summed E-state index contributed by atoms with van der Waals surface area (Å²) in [7, 11) is 1.67. The van der Waals surface area contributed by atoms with E-state index in [0.29, 0.717) is 41.7 Å². The van der Waals surface area contributed by atoms with E-state index in [9.17, 15) is 5.26 Å². The number of hydrogen-bond acceptors (Lipinski definition) is 11. The quantitative estimate of drug-likeness (QED) is 0.240. The fourth-order valence-electron chi connectivity index (χ4n) is 5.10. The standard InChI is InChI=1S/C32H31N9O.CO2/c1-42-22-30(24-10-3-2-4-11-24)37-32-35-27(25-12-7-9-23(17-25)19-33)18-28(36-32)29-21-41(39-38-29)20-26-13-8-14-31(34-26)40-15-5-6-16-40;2-1-3/h2-4,7-14,17-18,21,30H,5-6,15-16,20,22H2,1H3,(H,35,36,37);/t30-;/m1./s1. The van der Waals surface area contributed by atoms with Crippen molar-refractivity contribution in [1.82, 2.24) is 29.9 Å². The molecule has 1 aliphatic rings. The molecule has 1 N–H and O–H groups in total. The van der Waals surface area contributed by atoms with E-state index >= 15 is 0 Å². The fourth-order valence-corrected chi connectivity index (χ4v) is 5.10. The van der Waals surface area contributed by atoms with Gasteiger partial charge in [-0.15, -0.1) is 5.10 Å². The van der Waals surface area contributed by atoms with E-state index in [1.807, 2.05) is 72.9 Å². The summed E-state index contributed by atoms with van der Waals surface area (Å²) in [4.78, 5) is 33.1. The van der Waals surface area contributed by atoms with Gasteiger partial charge in [-0.3, -0.25) is 0 Å². The highest BCUT2D eigenvalue weighted by Crippen LogP contribution is 2.27. The molecule has 0 amide bonds. The van der Waals surface area contributed by atoms with Crippen LogP contribution in [0.3, 0.4) is 0 Å². The van der Waals surface area contributed by atoms with Crippen molar-refractivity contribution in [2.45, 2.75) is 25.4 Å². The van der Waals surface area contributed by atoms with E-state index in [-0.39, 0.29) is 12.2 Å². The van der Waals surface area contributed by atoms with Crippen LogP contribution in [0, 0.1) is 11.3 Å². The molecule has 4 heterocycles. The molecule has 0 saturated carbocycles. The molecule has 1 fully saturated rings. The number of benzene rings is 2. The Bertz CT molecular complexity index is 1790. The summed E-state index contributed by atoms with van der Waals surface area (Å²) in [5, 5.41) is 21.7. The van der Waals surface area contributed by atoms with Crippen LogP contribution in [0.1, 0.15) is 35.7 Å². The van der Waals surface area contributed by atoms with Crippen LogP contribution < -0.4 is 10.2 Å². The first-order chi connectivity index (χ1) is 22.1. The molecular formula is C33H31N9O3. The van der Waals surface area contributed by atoms with Gasteiger partial charge in [-0.25, -0.2) is 19.6 Å². The lowest BCUT2D eigenvalue weighted by atomic mass is 10.1. The summed E-state index contributed by atoms with van der Waals surface area (Å²) >= 11 is 0. The molecule has 45 heavy (non-hydrogen) atoms. The molecule has 12 heteroatoms. The molecule has 12 nitrogen and oxygen atoms in total. The first kappa shape index (κ1) is 30.7. The SMILES string of the molecule is COC[C@@H](Nc1nc(-c2cccc(C#N)c2)cc(-c2cn(Cc3cccc(N4CCCC4)n3)nn2)n1)c1ccccc1.O=C=O. The summed E-state index contributed by atoms with van der Waals surface area (Å²) in [6.45, 7) is 3.01. The van der Waals surface area contributed by atoms with Crippen molar-refractivity contribution in [3.05, 3.63) is 102 Å². The third-order valence-electron chi connectivity index (χ3n) is 7.20. The number of aromatic nitrogens is 6. The minimum atomic E-state index is -0.172. The molecule has 0 aliphatic carbocycles. The van der Waals surface area contributed by atoms with Gasteiger partial charge in [0.05, 0.1) is 54.1 Å². The predicted molar refractivity (Wildman–Crippen MR) is 166 cm³/mol. The smallest absolute Gasteiger partial charge is 0.373 e. The summed E-state index contributed by atoms with van der Waals surface area (Å²) in [5.74, 6) is 1.43. The van der Waals surface area contributed by atoms with E-state index in [1.54, 1.807) is 17.9 Å². The zero-order chi connectivity index (χ0) is 31.4. The Hall–Kier alpha value is -5.76. The lowest BCUT2D eigenvalue weighted by Gasteiger charge is -2.19. The Morgan fingerprint density at radius 3 is 2.42 bits per heavy atom. The van der Waals surface area contributed by atoms with E-state index in [1.165, 1.54) is 12.8 Å². The minimum Gasteiger partial charge on any atom is -0.382 e. The van der Waals surface area contributed by atoms with Gasteiger partial charge in [-0.2, -0.15) is 14.9 Å². The van der Waals surface area contributed by atoms with Gasteiger partial charge in [0, 0.05) is 25.8 Å². The van der Waals surface area contributed by atoms with Crippen LogP contribution in [0.15, 0.2) is 85.1 Å². The zero-order valence-corrected chi connectivity index (χ0v) is 24.7. The predicted octanol–water partition coefficient (Wildman–Crippen LogP) is 4.53. The van der Waals surface area contributed by atoms with Crippen LogP contribution in [0.2, 0.25) is 0 Å². The number of hydrogen-bond donors (Lipinski definition) is 1. The molecule has 5 aromatic rings. The summed E-state index contributed by atoms with van der Waals surface area (Å²) in [6, 6.07) is 27.4. The molecule has 226 valence electrons. The number of pyridine rings is 1. The van der Waals surface area contributed by atoms with Crippen molar-refractivity contribution < 1.29 is 14.3 Å². The fraction of sp³-hybridized carbons (Fsp3) is 0.242. The molecule has 0 spiro atoms. The first-order valence-corrected chi connectivity index (χ1v) is 14.4. The highest BCUT2D eigenvalue weighted by molar-refractivity contribution is 5.68. The van der Waals surface area contributed by atoms with Gasteiger partial charge in [-0.05, 0) is 48.7 Å². The van der Waals surface area contributed by atoms with Gasteiger partial charge in [0.15, 0.2) is 0 Å². The Morgan fingerprint density at radius 2 is 1.67 bits per heavy atom. The van der Waals surface area contributed by atoms with Gasteiger partial charge in [0.2, 0.25) is 5.95 Å². The molecule has 0 radical (unpaired) electrons. The molecule has 2 aromatic carbocycles. The molecule has 1 aliphatic heterocycles. The maximum atomic E-state index is 9.46. The van der Waals surface area contributed by atoms with Crippen LogP contribution in [0.5, 0.6) is 0 Å². The molecule has 3 aromatic heterocycles. The van der Waals surface area contributed by atoms with Gasteiger partial charge in [0.1, 0.15) is 11.5 Å². The summed E-state index contributed by atoms with van der Waals surface area (Å²) < 4.78 is 7.27. The topological polar surface area (TPSA) is 152 Å². The Balaban J connectivity index is 0.00000128. The number of nitrogens with zero attached hydrogens (tertiary/aromatic N) is 8. The summed E-state index contributed by atoms with van der Waals surface area (Å²) in [6.07, 6.45) is 4.53. The van der Waals surface area contributed by atoms with Crippen LogP contribution in [0.4, 0.5) is 11.8 Å². The third kappa shape index (κ3) is 8.00. The normalized spacial score (nSPS) is 12.8. The number of ether oxygens (including phenoxy) is 1. The zero-order valence-electron chi connectivity index (χ0n) is 24.7. The monoisotopic (exact) mass is 601 g/mol. The van der Waals surface area contributed by atoms with Crippen LogP contribution in [-0.4, -0.2) is 62.9 Å². The van der Waals surface area contributed by atoms with Crippen LogP contribution >= 0.6 is 0 Å². The molecule has 6 rings (SSSR count).